The van der Waals surface area contributed by atoms with Crippen molar-refractivity contribution >= 4 is 31.4 Å². The van der Waals surface area contributed by atoms with E-state index in [0.717, 1.165) is 27.1 Å². The van der Waals surface area contributed by atoms with E-state index in [1.807, 2.05) is 72.8 Å². The van der Waals surface area contributed by atoms with Gasteiger partial charge in [0.2, 0.25) is 0 Å². The van der Waals surface area contributed by atoms with Crippen LogP contribution in [-0.2, 0) is 15.6 Å². The zero-order chi connectivity index (χ0) is 16.6. The van der Waals surface area contributed by atoms with E-state index < -0.39 is 9.84 Å². The Morgan fingerprint density at radius 3 is 2.12 bits per heavy atom. The largest absolute Gasteiger partial charge is 0.223 e. The van der Waals surface area contributed by atoms with Gasteiger partial charge in [-0.1, -0.05) is 72.8 Å². The van der Waals surface area contributed by atoms with Crippen molar-refractivity contribution in [1.29, 1.82) is 0 Å². The van der Waals surface area contributed by atoms with Crippen molar-refractivity contribution in [3.05, 3.63) is 90.5 Å². The van der Waals surface area contributed by atoms with E-state index in [-0.39, 0.29) is 5.75 Å². The van der Waals surface area contributed by atoms with E-state index in [1.54, 1.807) is 12.1 Å². The highest BCUT2D eigenvalue weighted by Crippen LogP contribution is 2.25. The van der Waals surface area contributed by atoms with Gasteiger partial charge in [0.1, 0.15) is 0 Å². The molecule has 2 nitrogen and oxygen atoms in total. The van der Waals surface area contributed by atoms with Crippen LogP contribution < -0.4 is 0 Å². The van der Waals surface area contributed by atoms with Crippen LogP contribution >= 0.6 is 0 Å². The number of hydrogen-bond donors (Lipinski definition) is 0. The van der Waals surface area contributed by atoms with E-state index in [4.69, 9.17) is 0 Å². The van der Waals surface area contributed by atoms with Crippen LogP contribution in [0.15, 0.2) is 89.8 Å². The highest BCUT2D eigenvalue weighted by molar-refractivity contribution is 7.90. The summed E-state index contributed by atoms with van der Waals surface area (Å²) in [4.78, 5) is 0.370. The maximum atomic E-state index is 12.9. The standard InChI is InChI=1S/C21H16O2S/c22-24(23,20-13-12-16-6-1-2-8-18(16)14-20)15-19-10-5-9-17-7-3-4-11-21(17)19/h1-14H,15H2. The molecule has 0 aromatic heterocycles. The molecule has 0 spiro atoms. The maximum Gasteiger partial charge on any atom is 0.182 e. The Bertz CT molecular complexity index is 1140. The molecule has 4 rings (SSSR count). The summed E-state index contributed by atoms with van der Waals surface area (Å²) >= 11 is 0. The second-order valence-corrected chi connectivity index (χ2v) is 7.90. The Labute approximate surface area is 141 Å². The molecular formula is C21H16O2S. The van der Waals surface area contributed by atoms with Crippen LogP contribution in [0.2, 0.25) is 0 Å². The first-order valence-electron chi connectivity index (χ1n) is 7.82. The van der Waals surface area contributed by atoms with Gasteiger partial charge in [-0.2, -0.15) is 0 Å². The van der Waals surface area contributed by atoms with Crippen LogP contribution in [-0.4, -0.2) is 8.42 Å². The van der Waals surface area contributed by atoms with Gasteiger partial charge < -0.3 is 0 Å². The smallest absolute Gasteiger partial charge is 0.182 e. The van der Waals surface area contributed by atoms with Gasteiger partial charge in [-0.05, 0) is 39.2 Å². The first-order chi connectivity index (χ1) is 11.6. The summed E-state index contributed by atoms with van der Waals surface area (Å²) in [5.41, 5.74) is 0.834. The molecule has 0 N–H and O–H groups in total. The molecule has 0 atom stereocenters. The fourth-order valence-corrected chi connectivity index (χ4v) is 4.48. The van der Waals surface area contributed by atoms with Crippen molar-refractivity contribution in [2.45, 2.75) is 10.6 Å². The molecule has 0 aliphatic carbocycles. The van der Waals surface area contributed by atoms with E-state index in [1.165, 1.54) is 0 Å². The summed E-state index contributed by atoms with van der Waals surface area (Å²) in [6.45, 7) is 0. The minimum atomic E-state index is -3.40. The number of fused-ring (bicyclic) bond motifs is 2. The fourth-order valence-electron chi connectivity index (χ4n) is 3.07. The first kappa shape index (κ1) is 14.9. The molecule has 0 heterocycles. The van der Waals surface area contributed by atoms with E-state index in [0.29, 0.717) is 4.90 Å². The third-order valence-electron chi connectivity index (χ3n) is 4.31. The molecule has 0 saturated heterocycles. The van der Waals surface area contributed by atoms with Gasteiger partial charge in [0.05, 0.1) is 10.6 Å². The summed E-state index contributed by atoms with van der Waals surface area (Å²) in [7, 11) is -3.40. The molecule has 3 heteroatoms. The van der Waals surface area contributed by atoms with Crippen molar-refractivity contribution < 1.29 is 8.42 Å². The molecule has 118 valence electrons. The van der Waals surface area contributed by atoms with Crippen molar-refractivity contribution in [3.8, 4) is 0 Å². The second kappa shape index (κ2) is 5.77. The lowest BCUT2D eigenvalue weighted by Gasteiger charge is -2.09. The molecule has 24 heavy (non-hydrogen) atoms. The Balaban J connectivity index is 1.79. The number of benzene rings is 4. The maximum absolute atomic E-state index is 12.9. The Morgan fingerprint density at radius 1 is 0.625 bits per heavy atom. The van der Waals surface area contributed by atoms with E-state index >= 15 is 0 Å². The van der Waals surface area contributed by atoms with Crippen molar-refractivity contribution in [2.24, 2.45) is 0 Å². The molecule has 4 aromatic carbocycles. The molecule has 0 radical (unpaired) electrons. The van der Waals surface area contributed by atoms with Crippen LogP contribution in [0, 0.1) is 0 Å². The minimum absolute atomic E-state index is 0.00664. The van der Waals surface area contributed by atoms with Crippen LogP contribution in [0.3, 0.4) is 0 Å². The molecule has 0 amide bonds. The predicted molar refractivity (Wildman–Crippen MR) is 98.8 cm³/mol. The van der Waals surface area contributed by atoms with Crippen molar-refractivity contribution in [2.75, 3.05) is 0 Å². The van der Waals surface area contributed by atoms with Crippen LogP contribution in [0.25, 0.3) is 21.5 Å². The lowest BCUT2D eigenvalue weighted by molar-refractivity contribution is 0.595. The molecule has 0 unspecified atom stereocenters. The molecule has 0 aliphatic heterocycles. The predicted octanol–water partition coefficient (Wildman–Crippen LogP) is 4.97. The molecular weight excluding hydrogens is 316 g/mol. The first-order valence-corrected chi connectivity index (χ1v) is 9.47. The van der Waals surface area contributed by atoms with Crippen LogP contribution in [0.4, 0.5) is 0 Å². The van der Waals surface area contributed by atoms with Gasteiger partial charge in [0, 0.05) is 0 Å². The number of sulfone groups is 1. The lowest BCUT2D eigenvalue weighted by Crippen LogP contribution is -2.05. The van der Waals surface area contributed by atoms with E-state index in [9.17, 15) is 8.42 Å². The quantitative estimate of drug-likeness (QED) is 0.531. The SMILES string of the molecule is O=S(=O)(Cc1cccc2ccccc12)c1ccc2ccccc2c1. The van der Waals surface area contributed by atoms with Crippen molar-refractivity contribution in [1.82, 2.24) is 0 Å². The average Bonchev–Trinajstić information content (AvgIpc) is 2.61. The molecule has 4 aromatic rings. The third kappa shape index (κ3) is 2.68. The van der Waals surface area contributed by atoms with E-state index in [2.05, 4.69) is 0 Å². The zero-order valence-electron chi connectivity index (χ0n) is 13.0. The summed E-state index contributed by atoms with van der Waals surface area (Å²) in [6.07, 6.45) is 0. The summed E-state index contributed by atoms with van der Waals surface area (Å²) in [5, 5.41) is 4.03. The average molecular weight is 332 g/mol. The Hall–Kier alpha value is -2.65. The summed E-state index contributed by atoms with van der Waals surface area (Å²) in [5.74, 6) is 0.00664. The second-order valence-electron chi connectivity index (χ2n) is 5.91. The minimum Gasteiger partial charge on any atom is -0.223 e. The number of hydrogen-bond acceptors (Lipinski definition) is 2. The Morgan fingerprint density at radius 2 is 1.29 bits per heavy atom. The number of rotatable bonds is 3. The fraction of sp³-hybridized carbons (Fsp3) is 0.0476. The zero-order valence-corrected chi connectivity index (χ0v) is 13.8. The van der Waals surface area contributed by atoms with Gasteiger partial charge >= 0.3 is 0 Å². The molecule has 0 fully saturated rings. The summed E-state index contributed by atoms with van der Waals surface area (Å²) < 4.78 is 25.8. The normalized spacial score (nSPS) is 11.8. The summed E-state index contributed by atoms with van der Waals surface area (Å²) in [6, 6.07) is 26.8. The van der Waals surface area contributed by atoms with Crippen LogP contribution in [0.1, 0.15) is 5.56 Å². The van der Waals surface area contributed by atoms with Gasteiger partial charge in [0.15, 0.2) is 9.84 Å². The molecule has 0 aliphatic rings. The monoisotopic (exact) mass is 332 g/mol. The highest BCUT2D eigenvalue weighted by atomic mass is 32.2. The van der Waals surface area contributed by atoms with Crippen LogP contribution in [0.5, 0.6) is 0 Å². The van der Waals surface area contributed by atoms with Gasteiger partial charge in [-0.15, -0.1) is 0 Å². The van der Waals surface area contributed by atoms with Gasteiger partial charge in [0.25, 0.3) is 0 Å². The van der Waals surface area contributed by atoms with Gasteiger partial charge in [-0.3, -0.25) is 0 Å². The van der Waals surface area contributed by atoms with Gasteiger partial charge in [-0.25, -0.2) is 8.42 Å². The molecule has 0 saturated carbocycles. The molecule has 0 bridgehead atoms. The highest BCUT2D eigenvalue weighted by Gasteiger charge is 2.17. The third-order valence-corrected chi connectivity index (χ3v) is 5.97. The topological polar surface area (TPSA) is 34.1 Å². The lowest BCUT2D eigenvalue weighted by atomic mass is 10.1. The van der Waals surface area contributed by atoms with Crippen molar-refractivity contribution in [3.63, 3.8) is 0 Å². The Kier molecular flexibility index (Phi) is 3.58.